The van der Waals surface area contributed by atoms with Crippen molar-refractivity contribution in [2.75, 3.05) is 6.54 Å². The predicted octanol–water partition coefficient (Wildman–Crippen LogP) is 2.72. The number of nitrogens with one attached hydrogen (secondary N) is 1. The Morgan fingerprint density at radius 1 is 1.53 bits per heavy atom. The van der Waals surface area contributed by atoms with E-state index in [-0.39, 0.29) is 17.6 Å². The van der Waals surface area contributed by atoms with Gasteiger partial charge in [0.25, 0.3) is 0 Å². The highest BCUT2D eigenvalue weighted by Gasteiger charge is 2.29. The van der Waals surface area contributed by atoms with Crippen LogP contribution in [0.3, 0.4) is 0 Å². The predicted molar refractivity (Wildman–Crippen MR) is 72.2 cm³/mol. The van der Waals surface area contributed by atoms with Gasteiger partial charge in [-0.05, 0) is 17.7 Å². The molecule has 0 bridgehead atoms. The fourth-order valence-corrected chi connectivity index (χ4v) is 2.34. The number of hydrogen-bond donors (Lipinski definition) is 1. The van der Waals surface area contributed by atoms with Crippen LogP contribution in [0.2, 0.25) is 0 Å². The van der Waals surface area contributed by atoms with Gasteiger partial charge >= 0.3 is 0 Å². The summed E-state index contributed by atoms with van der Waals surface area (Å²) in [7, 11) is 0. The molecule has 1 unspecified atom stereocenters. The molecule has 1 N–H and O–H groups in total. The van der Waals surface area contributed by atoms with Crippen molar-refractivity contribution < 1.29 is 4.79 Å². The highest BCUT2D eigenvalue weighted by atomic mass is 79.9. The van der Waals surface area contributed by atoms with E-state index in [2.05, 4.69) is 26.5 Å². The summed E-state index contributed by atoms with van der Waals surface area (Å²) in [4.78, 5) is 12.0. The number of carbonyl (C=O) groups excluding carboxylic acids is 1. The van der Waals surface area contributed by atoms with Crippen molar-refractivity contribution in [3.05, 3.63) is 34.3 Å². The molecule has 1 aromatic rings. The van der Waals surface area contributed by atoms with Gasteiger partial charge in [-0.15, -0.1) is 0 Å². The Morgan fingerprint density at radius 2 is 2.29 bits per heavy atom. The molecule has 0 fully saturated rings. The molecule has 1 aliphatic heterocycles. The molecule has 0 aromatic heterocycles. The van der Waals surface area contributed by atoms with Gasteiger partial charge in [0.15, 0.2) is 5.78 Å². The number of nitrogens with zero attached hydrogens (tertiary/aromatic N) is 1. The third-order valence-electron chi connectivity index (χ3n) is 2.85. The van der Waals surface area contributed by atoms with Crippen LogP contribution in [0.15, 0.2) is 33.8 Å². The summed E-state index contributed by atoms with van der Waals surface area (Å²) in [5, 5.41) is 4.15. The van der Waals surface area contributed by atoms with Gasteiger partial charge in [-0.2, -0.15) is 5.10 Å². The Bertz CT molecular complexity index is 468. The van der Waals surface area contributed by atoms with Crippen LogP contribution in [0.5, 0.6) is 0 Å². The smallest absolute Gasteiger partial charge is 0.182 e. The lowest BCUT2D eigenvalue weighted by molar-refractivity contribution is -0.115. The Kier molecular flexibility index (Phi) is 3.62. The third-order valence-corrected chi connectivity index (χ3v) is 3.35. The van der Waals surface area contributed by atoms with Gasteiger partial charge in [-0.25, -0.2) is 0 Å². The van der Waals surface area contributed by atoms with Crippen molar-refractivity contribution >= 4 is 27.4 Å². The van der Waals surface area contributed by atoms with Crippen LogP contribution in [0, 0.1) is 5.92 Å². The quantitative estimate of drug-likeness (QED) is 0.931. The molecule has 17 heavy (non-hydrogen) atoms. The first-order valence-corrected chi connectivity index (χ1v) is 6.49. The summed E-state index contributed by atoms with van der Waals surface area (Å²) in [6, 6.07) is 8.04. The molecule has 3 nitrogen and oxygen atoms in total. The third kappa shape index (κ3) is 2.57. The lowest BCUT2D eigenvalue weighted by Gasteiger charge is -2.13. The molecule has 0 spiro atoms. The van der Waals surface area contributed by atoms with Crippen LogP contribution in [0.25, 0.3) is 0 Å². The zero-order valence-corrected chi connectivity index (χ0v) is 11.5. The first-order chi connectivity index (χ1) is 8.09. The number of ketones is 1. The molecule has 1 aromatic carbocycles. The van der Waals surface area contributed by atoms with Crippen molar-refractivity contribution in [1.82, 2.24) is 5.43 Å². The van der Waals surface area contributed by atoms with Crippen LogP contribution in [-0.2, 0) is 4.79 Å². The summed E-state index contributed by atoms with van der Waals surface area (Å²) >= 11 is 3.45. The SMILES string of the molecule is CC(C)C(=O)C1=NNCC1c1cccc(Br)c1. The Morgan fingerprint density at radius 3 is 2.94 bits per heavy atom. The van der Waals surface area contributed by atoms with Crippen LogP contribution in [0.1, 0.15) is 25.3 Å². The lowest BCUT2D eigenvalue weighted by Crippen LogP contribution is -2.25. The van der Waals surface area contributed by atoms with Crippen molar-refractivity contribution in [2.24, 2.45) is 11.0 Å². The van der Waals surface area contributed by atoms with E-state index >= 15 is 0 Å². The first kappa shape index (κ1) is 12.3. The van der Waals surface area contributed by atoms with Gasteiger partial charge in [0.05, 0.1) is 5.92 Å². The molecule has 0 amide bonds. The monoisotopic (exact) mass is 294 g/mol. The first-order valence-electron chi connectivity index (χ1n) is 5.69. The maximum Gasteiger partial charge on any atom is 0.182 e. The van der Waals surface area contributed by atoms with E-state index in [0.29, 0.717) is 12.3 Å². The number of benzene rings is 1. The van der Waals surface area contributed by atoms with E-state index < -0.39 is 0 Å². The van der Waals surface area contributed by atoms with Gasteiger partial charge in [0.2, 0.25) is 0 Å². The summed E-state index contributed by atoms with van der Waals surface area (Å²) in [5.41, 5.74) is 4.70. The normalized spacial score (nSPS) is 19.1. The van der Waals surface area contributed by atoms with Crippen molar-refractivity contribution in [3.63, 3.8) is 0 Å². The molecule has 1 atom stereocenters. The van der Waals surface area contributed by atoms with E-state index in [0.717, 1.165) is 10.0 Å². The maximum absolute atomic E-state index is 12.0. The number of Topliss-reactive ketones (excluding diaryl/α,β-unsaturated/α-hetero) is 1. The number of hydrogen-bond acceptors (Lipinski definition) is 3. The minimum atomic E-state index is -0.0108. The van der Waals surface area contributed by atoms with Crippen LogP contribution in [-0.4, -0.2) is 18.0 Å². The van der Waals surface area contributed by atoms with Gasteiger partial charge in [-0.1, -0.05) is 41.9 Å². The topological polar surface area (TPSA) is 41.5 Å². The molecule has 2 rings (SSSR count). The van der Waals surface area contributed by atoms with E-state index in [1.165, 1.54) is 0 Å². The van der Waals surface area contributed by atoms with E-state index in [1.807, 2.05) is 38.1 Å². The molecule has 0 saturated heterocycles. The molecule has 0 saturated carbocycles. The highest BCUT2D eigenvalue weighted by molar-refractivity contribution is 9.10. The number of carbonyl (C=O) groups is 1. The Labute approximate surface area is 109 Å². The molecule has 1 aliphatic rings. The van der Waals surface area contributed by atoms with E-state index in [4.69, 9.17) is 0 Å². The molecule has 0 aliphatic carbocycles. The summed E-state index contributed by atoms with van der Waals surface area (Å²) in [6.45, 7) is 4.51. The Hall–Kier alpha value is -1.16. The number of halogens is 1. The minimum Gasteiger partial charge on any atom is -0.309 e. The van der Waals surface area contributed by atoms with Crippen molar-refractivity contribution in [3.8, 4) is 0 Å². The molecule has 0 radical (unpaired) electrons. The average molecular weight is 295 g/mol. The highest BCUT2D eigenvalue weighted by Crippen LogP contribution is 2.24. The van der Waals surface area contributed by atoms with Crippen LogP contribution in [0.4, 0.5) is 0 Å². The zero-order valence-electron chi connectivity index (χ0n) is 9.90. The largest absolute Gasteiger partial charge is 0.309 e. The average Bonchev–Trinajstić information content (AvgIpc) is 2.76. The Balaban J connectivity index is 2.28. The second-order valence-corrected chi connectivity index (χ2v) is 5.40. The summed E-state index contributed by atoms with van der Waals surface area (Å²) < 4.78 is 1.03. The molecule has 1 heterocycles. The van der Waals surface area contributed by atoms with Crippen molar-refractivity contribution in [1.29, 1.82) is 0 Å². The second-order valence-electron chi connectivity index (χ2n) is 4.49. The molecule has 4 heteroatoms. The number of hydrazone groups is 1. The summed E-state index contributed by atoms with van der Waals surface area (Å²) in [5.74, 6) is 0.186. The van der Waals surface area contributed by atoms with E-state index in [9.17, 15) is 4.79 Å². The van der Waals surface area contributed by atoms with E-state index in [1.54, 1.807) is 0 Å². The summed E-state index contributed by atoms with van der Waals surface area (Å²) in [6.07, 6.45) is 0. The second kappa shape index (κ2) is 5.00. The molecular formula is C13H15BrN2O. The molecular weight excluding hydrogens is 280 g/mol. The lowest BCUT2D eigenvalue weighted by atomic mass is 9.89. The minimum absolute atomic E-state index is 0.0108. The van der Waals surface area contributed by atoms with Gasteiger partial charge < -0.3 is 5.43 Å². The van der Waals surface area contributed by atoms with Gasteiger partial charge in [0.1, 0.15) is 5.71 Å². The zero-order chi connectivity index (χ0) is 12.4. The standard InChI is InChI=1S/C13H15BrN2O/c1-8(2)13(17)12-11(7-15-16-12)9-4-3-5-10(14)6-9/h3-6,8,11,15H,7H2,1-2H3. The fourth-order valence-electron chi connectivity index (χ4n) is 1.92. The van der Waals surface area contributed by atoms with Crippen LogP contribution >= 0.6 is 15.9 Å². The van der Waals surface area contributed by atoms with Gasteiger partial charge in [0, 0.05) is 16.9 Å². The van der Waals surface area contributed by atoms with Gasteiger partial charge in [-0.3, -0.25) is 4.79 Å². The van der Waals surface area contributed by atoms with Crippen LogP contribution < -0.4 is 5.43 Å². The molecule has 90 valence electrons. The number of rotatable bonds is 3. The fraction of sp³-hybridized carbons (Fsp3) is 0.385. The van der Waals surface area contributed by atoms with Crippen molar-refractivity contribution in [2.45, 2.75) is 19.8 Å². The maximum atomic E-state index is 12.0.